The molecule has 0 unspecified atom stereocenters. The summed E-state index contributed by atoms with van der Waals surface area (Å²) in [5.41, 5.74) is 0.0648. The number of carbonyl (C=O) groups excluding carboxylic acids is 1. The fourth-order valence-electron chi connectivity index (χ4n) is 0. The molecule has 0 N–H and O–H groups in total. The molecule has 0 saturated heterocycles. The maximum absolute atomic E-state index is 9.49. The van der Waals surface area contributed by atoms with Crippen molar-refractivity contribution in [3.8, 4) is 0 Å². The molecule has 66 valence electrons. The minimum atomic E-state index is -5.61. The summed E-state index contributed by atoms with van der Waals surface area (Å²) in [7, 11) is -5.61. The van der Waals surface area contributed by atoms with E-state index in [0.29, 0.717) is 0 Å². The van der Waals surface area contributed by atoms with E-state index in [4.69, 9.17) is 19.2 Å². The number of carboxylic acid groups (broad SMARTS) is 1. The predicted molar refractivity (Wildman–Crippen MR) is 31.3 cm³/mol. The van der Waals surface area contributed by atoms with Crippen LogP contribution in [0.5, 0.6) is 0 Å². The van der Waals surface area contributed by atoms with Gasteiger partial charge in [0.25, 0.3) is 0 Å². The van der Waals surface area contributed by atoms with Crippen LogP contribution in [0.2, 0.25) is 0 Å². The Hall–Kier alpha value is 0.0331. The van der Waals surface area contributed by atoms with Gasteiger partial charge in [-0.05, 0) is 12.5 Å². The summed E-state index contributed by atoms with van der Waals surface area (Å²) in [6, 6.07) is 0. The van der Waals surface area contributed by atoms with Crippen molar-refractivity contribution in [1.29, 1.82) is 0 Å². The van der Waals surface area contributed by atoms with E-state index in [1.165, 1.54) is 6.92 Å². The first-order chi connectivity index (χ1) is 4.64. The molecule has 0 radical (unpaired) electrons. The van der Waals surface area contributed by atoms with Gasteiger partial charge in [0.2, 0.25) is 0 Å². The van der Waals surface area contributed by atoms with Crippen LogP contribution in [0.3, 0.4) is 0 Å². The topological polar surface area (TPSA) is 132 Å². The summed E-state index contributed by atoms with van der Waals surface area (Å²) in [4.78, 5) is 43.8. The third-order valence-corrected chi connectivity index (χ3v) is 0.348. The van der Waals surface area contributed by atoms with Gasteiger partial charge in [0, 0.05) is 0 Å². The number of hydrogen-bond acceptors (Lipinski definition) is 6. The van der Waals surface area contributed by atoms with Gasteiger partial charge in [-0.3, -0.25) is 0 Å². The summed E-state index contributed by atoms with van der Waals surface area (Å²) in [5, 5.41) is 9.49. The van der Waals surface area contributed by atoms with Crippen LogP contribution in [0.1, 0.15) is 6.92 Å². The van der Waals surface area contributed by atoms with Gasteiger partial charge in [0.15, 0.2) is 0 Å². The van der Waals surface area contributed by atoms with Crippen LogP contribution in [0.25, 0.3) is 0 Å². The molecule has 0 bridgehead atoms. The van der Waals surface area contributed by atoms with E-state index in [9.17, 15) is 9.90 Å². The largest absolute Gasteiger partial charge is 2.00 e. The van der Waals surface area contributed by atoms with Crippen molar-refractivity contribution in [1.82, 2.24) is 0 Å². The zero-order valence-corrected chi connectivity index (χ0v) is 8.78. The van der Waals surface area contributed by atoms with E-state index < -0.39 is 15.0 Å². The normalized spacial score (nSPS) is 8.75. The van der Waals surface area contributed by atoms with Crippen LogP contribution in [-0.2, 0) is 4.79 Å². The van der Waals surface area contributed by atoms with E-state index in [0.717, 1.165) is 0 Å². The van der Waals surface area contributed by atoms with Crippen molar-refractivity contribution in [3.63, 3.8) is 0 Å². The number of aliphatic carboxylic acids is 1. The smallest absolute Gasteiger partial charge is 0.894 e. The average Bonchev–Trinajstić information content (AvgIpc) is 1.59. The average molecular weight is 201 g/mol. The van der Waals surface area contributed by atoms with Crippen molar-refractivity contribution in [3.05, 3.63) is 12.2 Å². The summed E-state index contributed by atoms with van der Waals surface area (Å²) >= 11 is 0. The Balaban J connectivity index is -0.000000126. The third-order valence-electron chi connectivity index (χ3n) is 0.348. The van der Waals surface area contributed by atoms with Gasteiger partial charge in [0.05, 0.1) is 5.97 Å². The second kappa shape index (κ2) is 7.67. The second-order valence-corrected chi connectivity index (χ2v) is 2.57. The molecule has 0 fully saturated rings. The SMILES string of the molecule is C=C(C)C(=O)[O-].[Mg+2].[O-][Si]([O-])([O-])[O-]. The van der Waals surface area contributed by atoms with Crippen molar-refractivity contribution >= 4 is 38.1 Å². The molecule has 12 heavy (non-hydrogen) atoms. The van der Waals surface area contributed by atoms with Crippen LogP contribution in [-0.4, -0.2) is 38.1 Å². The second-order valence-electron chi connectivity index (χ2n) is 1.57. The van der Waals surface area contributed by atoms with Crippen molar-refractivity contribution < 1.29 is 29.1 Å². The number of carbonyl (C=O) groups is 1. The summed E-state index contributed by atoms with van der Waals surface area (Å²) in [5.74, 6) is -1.19. The Kier molecular flexibility index (Phi) is 11.5. The minimum absolute atomic E-state index is 0. The Morgan fingerprint density at radius 3 is 1.33 bits per heavy atom. The molecule has 0 saturated carbocycles. The quantitative estimate of drug-likeness (QED) is 0.306. The van der Waals surface area contributed by atoms with Crippen molar-refractivity contribution in [2.24, 2.45) is 0 Å². The van der Waals surface area contributed by atoms with Gasteiger partial charge >= 0.3 is 23.1 Å². The van der Waals surface area contributed by atoms with E-state index in [1.807, 2.05) is 0 Å². The molecule has 0 aliphatic rings. The van der Waals surface area contributed by atoms with Crippen LogP contribution in [0, 0.1) is 0 Å². The molecule has 0 aromatic heterocycles. The first-order valence-electron chi connectivity index (χ1n) is 2.33. The fraction of sp³-hybridized carbons (Fsp3) is 0.250. The third kappa shape index (κ3) is 50.3. The van der Waals surface area contributed by atoms with Crippen molar-refractivity contribution in [2.75, 3.05) is 0 Å². The predicted octanol–water partition coefficient (Wildman–Crippen LogP) is -6.21. The molecule has 8 heteroatoms. The molecular weight excluding hydrogens is 196 g/mol. The summed E-state index contributed by atoms with van der Waals surface area (Å²) < 4.78 is 0. The van der Waals surface area contributed by atoms with Gasteiger partial charge in [-0.15, -0.1) is 0 Å². The van der Waals surface area contributed by atoms with Crippen LogP contribution < -0.4 is 24.3 Å². The Morgan fingerprint density at radius 2 is 1.33 bits per heavy atom. The molecule has 0 aromatic carbocycles. The van der Waals surface area contributed by atoms with E-state index in [2.05, 4.69) is 6.58 Å². The number of hydrogen-bond donors (Lipinski definition) is 0. The molecule has 0 rings (SSSR count). The summed E-state index contributed by atoms with van der Waals surface area (Å²) in [6.07, 6.45) is 0. The molecule has 0 atom stereocenters. The van der Waals surface area contributed by atoms with Gasteiger partial charge in [-0.1, -0.05) is 6.58 Å². The van der Waals surface area contributed by atoms with Crippen LogP contribution >= 0.6 is 0 Å². The maximum atomic E-state index is 9.49. The van der Waals surface area contributed by atoms with E-state index in [1.54, 1.807) is 0 Å². The van der Waals surface area contributed by atoms with Gasteiger partial charge in [0.1, 0.15) is 0 Å². The standard InChI is InChI=1S/C4H6O2.Mg.O4Si/c1-3(2)4(5)6;;1-5(2,3)4/h1H2,2H3,(H,5,6);;/q;+2;-4/p-1. The first kappa shape index (κ1) is 18.0. The van der Waals surface area contributed by atoms with E-state index in [-0.39, 0.29) is 28.6 Å². The zero-order valence-electron chi connectivity index (χ0n) is 6.36. The van der Waals surface area contributed by atoms with Crippen LogP contribution in [0.15, 0.2) is 12.2 Å². The Labute approximate surface area is 86.4 Å². The van der Waals surface area contributed by atoms with Crippen molar-refractivity contribution in [2.45, 2.75) is 6.92 Å². The fourth-order valence-corrected chi connectivity index (χ4v) is 0. The van der Waals surface area contributed by atoms with Gasteiger partial charge < -0.3 is 38.1 Å². The minimum Gasteiger partial charge on any atom is -0.894 e. The molecule has 6 nitrogen and oxygen atoms in total. The van der Waals surface area contributed by atoms with Crippen LogP contribution in [0.4, 0.5) is 0 Å². The molecule has 0 spiro atoms. The van der Waals surface area contributed by atoms with Gasteiger partial charge in [-0.2, -0.15) is 0 Å². The molecule has 0 aliphatic carbocycles. The molecule has 0 amide bonds. The maximum Gasteiger partial charge on any atom is 2.00 e. The number of rotatable bonds is 1. The molecular formula is C4H5MgO6Si-3. The van der Waals surface area contributed by atoms with Gasteiger partial charge in [-0.25, -0.2) is 0 Å². The zero-order chi connectivity index (χ0) is 9.65. The monoisotopic (exact) mass is 201 g/mol. The number of carboxylic acids is 1. The molecule has 0 aromatic rings. The Morgan fingerprint density at radius 1 is 1.25 bits per heavy atom. The molecule has 0 heterocycles. The van der Waals surface area contributed by atoms with E-state index >= 15 is 0 Å². The first-order valence-corrected chi connectivity index (χ1v) is 3.96. The Bertz CT molecular complexity index is 134. The summed E-state index contributed by atoms with van der Waals surface area (Å²) in [6.45, 7) is 4.48. The molecule has 0 aliphatic heterocycles.